The van der Waals surface area contributed by atoms with Crippen LogP contribution in [0.2, 0.25) is 0 Å². The monoisotopic (exact) mass is 428 g/mol. The molecule has 1 fully saturated rings. The van der Waals surface area contributed by atoms with Gasteiger partial charge in [-0.3, -0.25) is 14.9 Å². The van der Waals surface area contributed by atoms with E-state index in [2.05, 4.69) is 15.1 Å². The number of benzene rings is 2. The van der Waals surface area contributed by atoms with Gasteiger partial charge in [-0.15, -0.1) is 0 Å². The van der Waals surface area contributed by atoms with Gasteiger partial charge in [-0.05, 0) is 42.3 Å². The number of nitrogens with zero attached hydrogens (tertiary/aromatic N) is 3. The summed E-state index contributed by atoms with van der Waals surface area (Å²) in [7, 11) is 1.57. The Balaban J connectivity index is 1.63. The average Bonchev–Trinajstić information content (AvgIpc) is 2.78. The van der Waals surface area contributed by atoms with Crippen LogP contribution in [0.3, 0.4) is 0 Å². The molecule has 0 aliphatic carbocycles. The fraction of sp³-hybridized carbons (Fsp3) is 0.409. The average molecular weight is 428 g/mol. The van der Waals surface area contributed by atoms with E-state index in [-0.39, 0.29) is 29.4 Å². The molecule has 0 radical (unpaired) electrons. The van der Waals surface area contributed by atoms with Crippen LogP contribution in [0.1, 0.15) is 5.56 Å². The number of hydrogen-bond donors (Lipinski definition) is 1. The molecule has 31 heavy (non-hydrogen) atoms. The van der Waals surface area contributed by atoms with E-state index in [1.807, 2.05) is 0 Å². The Hall–Kier alpha value is -3.20. The van der Waals surface area contributed by atoms with Crippen molar-refractivity contribution in [2.45, 2.75) is 12.5 Å². The molecule has 164 valence electrons. The molecule has 0 spiro atoms. The van der Waals surface area contributed by atoms with Gasteiger partial charge < -0.3 is 19.9 Å². The van der Waals surface area contributed by atoms with Gasteiger partial charge in [-0.2, -0.15) is 0 Å². The van der Waals surface area contributed by atoms with Gasteiger partial charge in [0.1, 0.15) is 5.82 Å². The second kappa shape index (κ2) is 8.89. The van der Waals surface area contributed by atoms with E-state index < -0.39 is 4.92 Å². The van der Waals surface area contributed by atoms with E-state index in [1.165, 1.54) is 18.2 Å². The number of nitro benzene ring substituents is 1. The normalized spacial score (nSPS) is 20.1. The lowest BCUT2D eigenvalue weighted by Gasteiger charge is -2.49. The fourth-order valence-corrected chi connectivity index (χ4v) is 4.52. The molecule has 0 saturated carbocycles. The summed E-state index contributed by atoms with van der Waals surface area (Å²) in [6.45, 7) is 2.79. The van der Waals surface area contributed by atoms with Crippen molar-refractivity contribution in [3.8, 4) is 0 Å². The molecule has 2 heterocycles. The zero-order chi connectivity index (χ0) is 22.0. The number of anilines is 2. The molecule has 2 aliphatic heterocycles. The Morgan fingerprint density at radius 2 is 2.03 bits per heavy atom. The van der Waals surface area contributed by atoms with Crippen LogP contribution in [-0.2, 0) is 16.0 Å². The van der Waals surface area contributed by atoms with Crippen LogP contribution in [-0.4, -0.2) is 56.8 Å². The molecule has 2 atom stereocenters. The van der Waals surface area contributed by atoms with E-state index in [0.29, 0.717) is 39.2 Å². The number of hydrogen-bond acceptors (Lipinski definition) is 6. The van der Waals surface area contributed by atoms with E-state index >= 15 is 0 Å². The number of ether oxygens (including phenoxy) is 1. The highest BCUT2D eigenvalue weighted by molar-refractivity contribution is 5.82. The molecule has 2 aromatic rings. The van der Waals surface area contributed by atoms with E-state index in [1.54, 1.807) is 31.4 Å². The maximum atomic E-state index is 13.4. The number of piperazine rings is 1. The Labute approximate surface area is 179 Å². The highest BCUT2D eigenvalue weighted by atomic mass is 19.1. The molecule has 4 rings (SSSR count). The van der Waals surface area contributed by atoms with Gasteiger partial charge in [0, 0.05) is 56.8 Å². The summed E-state index contributed by atoms with van der Waals surface area (Å²) < 4.78 is 18.4. The van der Waals surface area contributed by atoms with Crippen molar-refractivity contribution in [1.29, 1.82) is 0 Å². The maximum absolute atomic E-state index is 13.4. The Morgan fingerprint density at radius 1 is 1.26 bits per heavy atom. The summed E-state index contributed by atoms with van der Waals surface area (Å²) in [6, 6.07) is 11.1. The van der Waals surface area contributed by atoms with Gasteiger partial charge in [0.2, 0.25) is 5.91 Å². The molecule has 0 bridgehead atoms. The van der Waals surface area contributed by atoms with Crippen LogP contribution in [0.25, 0.3) is 0 Å². The topological polar surface area (TPSA) is 87.9 Å². The predicted molar refractivity (Wildman–Crippen MR) is 115 cm³/mol. The fourth-order valence-electron chi connectivity index (χ4n) is 4.52. The first-order valence-electron chi connectivity index (χ1n) is 10.3. The number of nitrogens with one attached hydrogen (secondary N) is 1. The number of rotatable bonds is 6. The maximum Gasteiger partial charge on any atom is 0.269 e. The van der Waals surface area contributed by atoms with Crippen molar-refractivity contribution in [3.63, 3.8) is 0 Å². The number of non-ortho nitro benzene ring substituents is 1. The molecule has 2 aromatic carbocycles. The SMILES string of the molecule is COCCNC(=O)[C@H]1Cc2cc([N+](=O)[O-])ccc2N2CCN(c3ccc(F)cc3)C[C@H]12. The summed E-state index contributed by atoms with van der Waals surface area (Å²) >= 11 is 0. The summed E-state index contributed by atoms with van der Waals surface area (Å²) in [5.74, 6) is -0.745. The van der Waals surface area contributed by atoms with Crippen LogP contribution in [0.4, 0.5) is 21.5 Å². The molecular weight excluding hydrogens is 403 g/mol. The number of fused-ring (bicyclic) bond motifs is 3. The Morgan fingerprint density at radius 3 is 2.74 bits per heavy atom. The first kappa shape index (κ1) is 21.0. The molecule has 1 N–H and O–H groups in total. The molecular formula is C22H25FN4O4. The van der Waals surface area contributed by atoms with Gasteiger partial charge in [-0.1, -0.05) is 0 Å². The number of halogens is 1. The van der Waals surface area contributed by atoms with Crippen LogP contribution in [0.15, 0.2) is 42.5 Å². The first-order valence-corrected chi connectivity index (χ1v) is 10.3. The van der Waals surface area contributed by atoms with E-state index in [0.717, 1.165) is 16.9 Å². The largest absolute Gasteiger partial charge is 0.383 e. The number of methoxy groups -OCH3 is 1. The minimum absolute atomic E-state index is 0.0284. The second-order valence-corrected chi connectivity index (χ2v) is 7.85. The number of carbonyl (C=O) groups is 1. The van der Waals surface area contributed by atoms with Gasteiger partial charge in [-0.25, -0.2) is 4.39 Å². The van der Waals surface area contributed by atoms with Crippen molar-refractivity contribution in [2.75, 3.05) is 49.7 Å². The third-order valence-electron chi connectivity index (χ3n) is 6.04. The van der Waals surface area contributed by atoms with Crippen molar-refractivity contribution in [2.24, 2.45) is 5.92 Å². The Kier molecular flexibility index (Phi) is 6.03. The minimum Gasteiger partial charge on any atom is -0.383 e. The van der Waals surface area contributed by atoms with Crippen LogP contribution in [0.5, 0.6) is 0 Å². The van der Waals surface area contributed by atoms with Crippen LogP contribution >= 0.6 is 0 Å². The molecule has 0 aromatic heterocycles. The lowest BCUT2D eigenvalue weighted by Crippen LogP contribution is -2.61. The van der Waals surface area contributed by atoms with E-state index in [9.17, 15) is 19.3 Å². The lowest BCUT2D eigenvalue weighted by molar-refractivity contribution is -0.384. The molecule has 1 saturated heterocycles. The zero-order valence-electron chi connectivity index (χ0n) is 17.3. The van der Waals surface area contributed by atoms with Crippen molar-refractivity contribution in [3.05, 3.63) is 64.0 Å². The molecule has 0 unspecified atom stereocenters. The van der Waals surface area contributed by atoms with Gasteiger partial charge >= 0.3 is 0 Å². The second-order valence-electron chi connectivity index (χ2n) is 7.85. The molecule has 2 aliphatic rings. The first-order chi connectivity index (χ1) is 15.0. The molecule has 9 heteroatoms. The number of amides is 1. The number of carbonyl (C=O) groups excluding carboxylic acids is 1. The molecule has 1 amide bonds. The van der Waals surface area contributed by atoms with Crippen LogP contribution < -0.4 is 15.1 Å². The van der Waals surface area contributed by atoms with Crippen molar-refractivity contribution in [1.82, 2.24) is 5.32 Å². The summed E-state index contributed by atoms with van der Waals surface area (Å²) in [5.41, 5.74) is 2.69. The molecule has 8 nitrogen and oxygen atoms in total. The predicted octanol–water partition coefficient (Wildman–Crippen LogP) is 2.36. The third-order valence-corrected chi connectivity index (χ3v) is 6.04. The minimum atomic E-state index is -0.410. The van der Waals surface area contributed by atoms with Crippen molar-refractivity contribution >= 4 is 23.0 Å². The van der Waals surface area contributed by atoms with Gasteiger partial charge in [0.15, 0.2) is 0 Å². The van der Waals surface area contributed by atoms with E-state index in [4.69, 9.17) is 4.74 Å². The quantitative estimate of drug-likeness (QED) is 0.432. The van der Waals surface area contributed by atoms with Crippen LogP contribution in [0, 0.1) is 21.8 Å². The van der Waals surface area contributed by atoms with Gasteiger partial charge in [0.05, 0.1) is 23.5 Å². The number of nitro groups is 1. The van der Waals surface area contributed by atoms with Gasteiger partial charge in [0.25, 0.3) is 5.69 Å². The Bertz CT molecular complexity index is 968. The highest BCUT2D eigenvalue weighted by Crippen LogP contribution is 2.38. The van der Waals surface area contributed by atoms with Crippen molar-refractivity contribution < 1.29 is 18.8 Å². The zero-order valence-corrected chi connectivity index (χ0v) is 17.3. The highest BCUT2D eigenvalue weighted by Gasteiger charge is 2.42. The summed E-state index contributed by atoms with van der Waals surface area (Å²) in [6.07, 6.45) is 0.425. The third kappa shape index (κ3) is 4.32. The summed E-state index contributed by atoms with van der Waals surface area (Å²) in [5, 5.41) is 14.2. The standard InChI is InChI=1S/C22H25FN4O4/c1-31-11-8-24-22(28)19-13-15-12-18(27(29)30)6-7-20(15)26-10-9-25(14-21(19)26)17-4-2-16(23)3-5-17/h2-7,12,19,21H,8-11,13-14H2,1H3,(H,24,28)/t19-,21+/m0/s1. The smallest absolute Gasteiger partial charge is 0.269 e. The lowest BCUT2D eigenvalue weighted by atomic mass is 9.83. The summed E-state index contributed by atoms with van der Waals surface area (Å²) in [4.78, 5) is 28.2.